The van der Waals surface area contributed by atoms with E-state index in [0.29, 0.717) is 33.6 Å². The molecule has 0 fully saturated rings. The Hall–Kier alpha value is -4.31. The summed E-state index contributed by atoms with van der Waals surface area (Å²) in [6, 6.07) is 7.09. The number of Topliss-reactive ketones (excluding diaryl/α,β-unsaturated/α-hetero) is 2. The van der Waals surface area contributed by atoms with Gasteiger partial charge in [-0.25, -0.2) is 15.0 Å². The molecule has 0 spiro atoms. The monoisotopic (exact) mass is 698 g/mol. The molecule has 1 atom stereocenters. The number of carbonyl (C=O) groups is 3. The van der Waals surface area contributed by atoms with Crippen LogP contribution in [0.5, 0.6) is 0 Å². The molecule has 0 bridgehead atoms. The average Bonchev–Trinajstić information content (AvgIpc) is 3.42. The SMILES string of the molecule is C=CCCCCCCc1cc(-c2cnc(C)nc2)cc2c(C(C)=O)nn(CC(=O)N(C)[C@@H](C)C(=O)Cc3nc(Br)ccc3CC=C)c12. The first-order valence-corrected chi connectivity index (χ1v) is 16.8. The molecule has 0 radical (unpaired) electrons. The summed E-state index contributed by atoms with van der Waals surface area (Å²) in [5.74, 6) is 0.0637. The third kappa shape index (κ3) is 8.94. The number of likely N-dealkylation sites (N-methyl/N-ethyl adjacent to an activating group) is 1. The Kier molecular flexibility index (Phi) is 12.5. The lowest BCUT2D eigenvalue weighted by atomic mass is 9.96. The summed E-state index contributed by atoms with van der Waals surface area (Å²) in [7, 11) is 1.63. The number of carbonyl (C=O) groups excluding carboxylic acids is 3. The van der Waals surface area contributed by atoms with Crippen molar-refractivity contribution >= 4 is 44.3 Å². The minimum absolute atomic E-state index is 0.0863. The molecule has 9 nitrogen and oxygen atoms in total. The van der Waals surface area contributed by atoms with Crippen LogP contribution in [-0.4, -0.2) is 60.2 Å². The van der Waals surface area contributed by atoms with Crippen molar-refractivity contribution in [3.63, 3.8) is 0 Å². The van der Waals surface area contributed by atoms with Crippen LogP contribution in [0.2, 0.25) is 0 Å². The van der Waals surface area contributed by atoms with Crippen molar-refractivity contribution in [1.29, 1.82) is 0 Å². The van der Waals surface area contributed by atoms with E-state index in [4.69, 9.17) is 0 Å². The molecule has 1 amide bonds. The number of aromatic nitrogens is 5. The van der Waals surface area contributed by atoms with Crippen LogP contribution in [0.15, 0.2) is 66.6 Å². The third-order valence-corrected chi connectivity index (χ3v) is 8.88. The first-order chi connectivity index (χ1) is 22.5. The van der Waals surface area contributed by atoms with Crippen LogP contribution in [-0.2, 0) is 35.4 Å². The summed E-state index contributed by atoms with van der Waals surface area (Å²) < 4.78 is 2.27. The fraction of sp³-hybridized carbons (Fsp3) is 0.378. The number of hydrogen-bond donors (Lipinski definition) is 0. The highest BCUT2D eigenvalue weighted by atomic mass is 79.9. The van der Waals surface area contributed by atoms with Crippen LogP contribution < -0.4 is 0 Å². The molecule has 1 aromatic carbocycles. The number of nitrogens with zero attached hydrogens (tertiary/aromatic N) is 6. The van der Waals surface area contributed by atoms with Crippen LogP contribution in [0.1, 0.15) is 79.1 Å². The van der Waals surface area contributed by atoms with Crippen LogP contribution in [0.3, 0.4) is 0 Å². The van der Waals surface area contributed by atoms with E-state index in [0.717, 1.165) is 66.3 Å². The molecular weight excluding hydrogens is 656 g/mol. The minimum Gasteiger partial charge on any atom is -0.334 e. The number of rotatable bonds is 17. The summed E-state index contributed by atoms with van der Waals surface area (Å²) in [5, 5.41) is 5.36. The zero-order valence-electron chi connectivity index (χ0n) is 27.8. The van der Waals surface area contributed by atoms with Gasteiger partial charge in [-0.15, -0.1) is 13.2 Å². The average molecular weight is 700 g/mol. The highest BCUT2D eigenvalue weighted by molar-refractivity contribution is 9.10. The third-order valence-electron chi connectivity index (χ3n) is 8.44. The normalized spacial score (nSPS) is 11.8. The maximum atomic E-state index is 13.7. The topological polar surface area (TPSA) is 111 Å². The fourth-order valence-corrected chi connectivity index (χ4v) is 5.96. The predicted molar refractivity (Wildman–Crippen MR) is 189 cm³/mol. The van der Waals surface area contributed by atoms with Crippen LogP contribution in [0.4, 0.5) is 0 Å². The first kappa shape index (κ1) is 35.5. The lowest BCUT2D eigenvalue weighted by Crippen LogP contribution is -2.42. The Bertz CT molecular complexity index is 1780. The Labute approximate surface area is 285 Å². The van der Waals surface area contributed by atoms with E-state index in [2.05, 4.69) is 55.2 Å². The van der Waals surface area contributed by atoms with Crippen molar-refractivity contribution in [1.82, 2.24) is 29.6 Å². The summed E-state index contributed by atoms with van der Waals surface area (Å²) >= 11 is 3.39. The lowest BCUT2D eigenvalue weighted by Gasteiger charge is -2.24. The van der Waals surface area contributed by atoms with E-state index in [1.807, 2.05) is 31.2 Å². The number of ketones is 2. The minimum atomic E-state index is -0.697. The van der Waals surface area contributed by atoms with Gasteiger partial charge in [0.25, 0.3) is 0 Å². The molecule has 0 N–H and O–H groups in total. The zero-order valence-corrected chi connectivity index (χ0v) is 29.3. The number of halogens is 1. The Balaban J connectivity index is 1.64. The molecule has 0 saturated carbocycles. The van der Waals surface area contributed by atoms with Gasteiger partial charge in [-0.05, 0) is 96.8 Å². The van der Waals surface area contributed by atoms with Gasteiger partial charge in [0.05, 0.1) is 23.7 Å². The van der Waals surface area contributed by atoms with E-state index in [-0.39, 0.29) is 30.4 Å². The highest BCUT2D eigenvalue weighted by Crippen LogP contribution is 2.31. The van der Waals surface area contributed by atoms with Gasteiger partial charge >= 0.3 is 0 Å². The largest absolute Gasteiger partial charge is 0.334 e. The molecule has 4 rings (SSSR count). The molecule has 3 aromatic heterocycles. The lowest BCUT2D eigenvalue weighted by molar-refractivity contribution is -0.137. The van der Waals surface area contributed by atoms with E-state index in [9.17, 15) is 14.4 Å². The van der Waals surface area contributed by atoms with E-state index < -0.39 is 6.04 Å². The van der Waals surface area contributed by atoms with Gasteiger partial charge in [-0.2, -0.15) is 5.10 Å². The van der Waals surface area contributed by atoms with Crippen LogP contribution in [0, 0.1) is 6.92 Å². The second kappa shape index (κ2) is 16.5. The highest BCUT2D eigenvalue weighted by Gasteiger charge is 2.26. The molecule has 0 unspecified atom stereocenters. The molecule has 4 aromatic rings. The second-order valence-corrected chi connectivity index (χ2v) is 12.7. The Morgan fingerprint density at radius 2 is 1.72 bits per heavy atom. The van der Waals surface area contributed by atoms with Crippen molar-refractivity contribution < 1.29 is 14.4 Å². The number of pyridine rings is 1. The zero-order chi connectivity index (χ0) is 34.1. The van der Waals surface area contributed by atoms with Crippen LogP contribution in [0.25, 0.3) is 22.0 Å². The molecule has 246 valence electrons. The van der Waals surface area contributed by atoms with Crippen molar-refractivity contribution in [3.05, 3.63) is 94.9 Å². The summed E-state index contributed by atoms with van der Waals surface area (Å²) in [6.45, 7) is 12.5. The predicted octanol–water partition coefficient (Wildman–Crippen LogP) is 7.23. The molecule has 3 heterocycles. The maximum absolute atomic E-state index is 13.7. The van der Waals surface area contributed by atoms with Crippen molar-refractivity contribution in [2.24, 2.45) is 0 Å². The number of fused-ring (bicyclic) bond motifs is 1. The van der Waals surface area contributed by atoms with Gasteiger partial charge in [-0.1, -0.05) is 31.1 Å². The smallest absolute Gasteiger partial charge is 0.244 e. The van der Waals surface area contributed by atoms with Crippen molar-refractivity contribution in [2.45, 2.75) is 84.7 Å². The summed E-state index contributed by atoms with van der Waals surface area (Å²) in [5.41, 5.74) is 5.36. The van der Waals surface area contributed by atoms with E-state index in [1.54, 1.807) is 37.1 Å². The first-order valence-electron chi connectivity index (χ1n) is 16.0. The number of allylic oxidation sites excluding steroid dienone is 2. The number of amides is 1. The Morgan fingerprint density at radius 1 is 1.00 bits per heavy atom. The van der Waals surface area contributed by atoms with E-state index in [1.165, 1.54) is 11.8 Å². The van der Waals surface area contributed by atoms with Gasteiger partial charge in [-0.3, -0.25) is 19.1 Å². The van der Waals surface area contributed by atoms with Crippen LogP contribution >= 0.6 is 15.9 Å². The fourth-order valence-electron chi connectivity index (χ4n) is 5.62. The molecule has 0 aliphatic rings. The van der Waals surface area contributed by atoms with Gasteiger partial charge in [0.15, 0.2) is 11.6 Å². The quantitative estimate of drug-likeness (QED) is 0.0495. The van der Waals surface area contributed by atoms with Crippen molar-refractivity contribution in [3.8, 4) is 11.1 Å². The van der Waals surface area contributed by atoms with Gasteiger partial charge in [0, 0.05) is 37.3 Å². The maximum Gasteiger partial charge on any atom is 0.244 e. The summed E-state index contributed by atoms with van der Waals surface area (Å²) in [4.78, 5) is 54.7. The second-order valence-electron chi connectivity index (χ2n) is 11.9. The molecule has 47 heavy (non-hydrogen) atoms. The van der Waals surface area contributed by atoms with E-state index >= 15 is 0 Å². The number of unbranched alkanes of at least 4 members (excludes halogenated alkanes) is 4. The number of hydrogen-bond acceptors (Lipinski definition) is 7. The Morgan fingerprint density at radius 3 is 2.40 bits per heavy atom. The molecule has 0 aliphatic carbocycles. The number of aryl methyl sites for hydroxylation is 2. The molecule has 10 heteroatoms. The van der Waals surface area contributed by atoms with Gasteiger partial charge < -0.3 is 4.90 Å². The van der Waals surface area contributed by atoms with Gasteiger partial charge in [0.2, 0.25) is 5.91 Å². The molecule has 0 saturated heterocycles. The van der Waals surface area contributed by atoms with Crippen molar-refractivity contribution in [2.75, 3.05) is 7.05 Å². The summed E-state index contributed by atoms with van der Waals surface area (Å²) in [6.07, 6.45) is 13.9. The van der Waals surface area contributed by atoms with Gasteiger partial charge in [0.1, 0.15) is 22.7 Å². The standard InChI is InChI=1S/C37H43BrN6O3/c1-7-9-10-11-12-13-15-28-18-29(30-21-39-26(5)40-22-30)19-31-36(25(4)45)42-44(37(28)31)23-35(47)43(6)24(3)33(46)20-32-27(14-8-2)16-17-34(38)41-32/h7-8,16-19,21-22,24H,1-2,9-15,20,23H2,3-6H3/t24-/m0/s1. The number of benzene rings is 1. The molecule has 0 aliphatic heterocycles. The molecular formula is C37H43BrN6O3.